The molecule has 1 aliphatic rings. The summed E-state index contributed by atoms with van der Waals surface area (Å²) in [7, 11) is 0. The summed E-state index contributed by atoms with van der Waals surface area (Å²) in [5, 5.41) is 5.30. The van der Waals surface area contributed by atoms with Crippen LogP contribution in [0.4, 0.5) is 5.69 Å². The summed E-state index contributed by atoms with van der Waals surface area (Å²) < 4.78 is 0. The molecule has 24 heavy (non-hydrogen) atoms. The largest absolute Gasteiger partial charge is 0.352 e. The van der Waals surface area contributed by atoms with Crippen LogP contribution in [0, 0.1) is 0 Å². The molecule has 0 radical (unpaired) electrons. The smallest absolute Gasteiger partial charge is 0.313 e. The van der Waals surface area contributed by atoms with Gasteiger partial charge in [-0.3, -0.25) is 14.4 Å². The summed E-state index contributed by atoms with van der Waals surface area (Å²) in [6.45, 7) is 0.610. The number of piperazine rings is 1. The van der Waals surface area contributed by atoms with E-state index in [0.29, 0.717) is 17.8 Å². The van der Waals surface area contributed by atoms with Crippen LogP contribution in [0.15, 0.2) is 60.7 Å². The lowest BCUT2D eigenvalue weighted by Crippen LogP contribution is -2.54. The van der Waals surface area contributed by atoms with Crippen LogP contribution in [-0.2, 0) is 14.4 Å². The van der Waals surface area contributed by atoms with Crippen LogP contribution in [0.5, 0.6) is 0 Å². The molecule has 1 atom stereocenters. The fraction of sp³-hybridized carbons (Fsp3) is 0.167. The Hall–Kier alpha value is -3.15. The summed E-state index contributed by atoms with van der Waals surface area (Å²) in [5.74, 6) is -1.76. The van der Waals surface area contributed by atoms with E-state index in [2.05, 4.69) is 10.6 Å². The van der Waals surface area contributed by atoms with Gasteiger partial charge in [0.05, 0.1) is 0 Å². The van der Waals surface area contributed by atoms with Gasteiger partial charge < -0.3 is 15.5 Å². The average molecular weight is 323 g/mol. The maximum absolute atomic E-state index is 12.6. The van der Waals surface area contributed by atoms with Crippen molar-refractivity contribution in [1.82, 2.24) is 10.2 Å². The first kappa shape index (κ1) is 15.7. The first-order valence-electron chi connectivity index (χ1n) is 7.66. The molecule has 3 rings (SSSR count). The maximum Gasteiger partial charge on any atom is 0.313 e. The molecule has 0 spiro atoms. The van der Waals surface area contributed by atoms with Crippen molar-refractivity contribution in [2.45, 2.75) is 6.04 Å². The number of carbonyl (C=O) groups excluding carboxylic acids is 3. The Bertz CT molecular complexity index is 747. The molecular formula is C18H17N3O3. The molecule has 6 heteroatoms. The van der Waals surface area contributed by atoms with Gasteiger partial charge in [-0.15, -0.1) is 0 Å². The zero-order valence-corrected chi connectivity index (χ0v) is 12.9. The van der Waals surface area contributed by atoms with Gasteiger partial charge in [0, 0.05) is 18.8 Å². The molecule has 122 valence electrons. The number of para-hydroxylation sites is 1. The molecule has 1 aliphatic heterocycles. The summed E-state index contributed by atoms with van der Waals surface area (Å²) in [6.07, 6.45) is 0. The molecule has 1 saturated heterocycles. The highest BCUT2D eigenvalue weighted by molar-refractivity contribution is 6.40. The number of hydrogen-bond donors (Lipinski definition) is 2. The first-order chi connectivity index (χ1) is 11.7. The van der Waals surface area contributed by atoms with Crippen LogP contribution < -0.4 is 10.6 Å². The minimum absolute atomic E-state index is 0.284. The van der Waals surface area contributed by atoms with Gasteiger partial charge in [0.2, 0.25) is 5.91 Å². The molecule has 3 amide bonds. The van der Waals surface area contributed by atoms with Crippen molar-refractivity contribution in [1.29, 1.82) is 0 Å². The third-order valence-electron chi connectivity index (χ3n) is 3.81. The van der Waals surface area contributed by atoms with Gasteiger partial charge >= 0.3 is 11.8 Å². The van der Waals surface area contributed by atoms with Gasteiger partial charge in [-0.1, -0.05) is 48.5 Å². The molecule has 0 saturated carbocycles. The van der Waals surface area contributed by atoms with Crippen LogP contribution in [-0.4, -0.2) is 35.7 Å². The molecule has 0 aliphatic carbocycles. The van der Waals surface area contributed by atoms with E-state index in [1.165, 1.54) is 4.90 Å². The molecule has 1 fully saturated rings. The van der Waals surface area contributed by atoms with Crippen molar-refractivity contribution >= 4 is 23.4 Å². The minimum atomic E-state index is -0.797. The second kappa shape index (κ2) is 6.95. The predicted octanol–water partition coefficient (Wildman–Crippen LogP) is 1.32. The lowest BCUT2D eigenvalue weighted by molar-refractivity contribution is -0.149. The summed E-state index contributed by atoms with van der Waals surface area (Å²) in [6, 6.07) is 16.9. The second-order valence-electron chi connectivity index (χ2n) is 5.42. The van der Waals surface area contributed by atoms with E-state index in [1.54, 1.807) is 48.5 Å². The SMILES string of the molecule is O=C(Nc1ccccc1)C(=O)N1CCNC(=O)[C@@H]1c1ccccc1. The van der Waals surface area contributed by atoms with Gasteiger partial charge in [0.1, 0.15) is 6.04 Å². The Labute approximate surface area is 139 Å². The standard InChI is InChI=1S/C18H17N3O3/c22-16-15(13-7-3-1-4-8-13)21(12-11-19-16)18(24)17(23)20-14-9-5-2-6-10-14/h1-10,15H,11-12H2,(H,19,22)(H,20,23)/t15-/m0/s1. The van der Waals surface area contributed by atoms with E-state index in [-0.39, 0.29) is 12.5 Å². The average Bonchev–Trinajstić information content (AvgIpc) is 2.62. The van der Waals surface area contributed by atoms with Crippen LogP contribution >= 0.6 is 0 Å². The zero-order valence-electron chi connectivity index (χ0n) is 12.9. The van der Waals surface area contributed by atoms with Gasteiger partial charge in [0.25, 0.3) is 0 Å². The van der Waals surface area contributed by atoms with Crippen LogP contribution in [0.3, 0.4) is 0 Å². The van der Waals surface area contributed by atoms with Crippen molar-refractivity contribution < 1.29 is 14.4 Å². The highest BCUT2D eigenvalue weighted by atomic mass is 16.2. The molecule has 0 unspecified atom stereocenters. The number of rotatable bonds is 2. The predicted molar refractivity (Wildman–Crippen MR) is 89.0 cm³/mol. The Balaban J connectivity index is 1.81. The fourth-order valence-electron chi connectivity index (χ4n) is 2.69. The lowest BCUT2D eigenvalue weighted by atomic mass is 10.0. The van der Waals surface area contributed by atoms with E-state index in [1.807, 2.05) is 12.1 Å². The monoisotopic (exact) mass is 323 g/mol. The molecule has 1 heterocycles. The zero-order chi connectivity index (χ0) is 16.9. The van der Waals surface area contributed by atoms with Crippen LogP contribution in [0.25, 0.3) is 0 Å². The third kappa shape index (κ3) is 3.27. The van der Waals surface area contributed by atoms with Gasteiger partial charge in [-0.05, 0) is 17.7 Å². The molecule has 0 aromatic heterocycles. The lowest BCUT2D eigenvalue weighted by Gasteiger charge is -2.34. The van der Waals surface area contributed by atoms with E-state index < -0.39 is 17.9 Å². The highest BCUT2D eigenvalue weighted by Crippen LogP contribution is 2.23. The minimum Gasteiger partial charge on any atom is -0.352 e. The van der Waals surface area contributed by atoms with Crippen molar-refractivity contribution in [3.63, 3.8) is 0 Å². The maximum atomic E-state index is 12.6. The number of anilines is 1. The van der Waals surface area contributed by atoms with Crippen LogP contribution in [0.1, 0.15) is 11.6 Å². The second-order valence-corrected chi connectivity index (χ2v) is 5.42. The molecular weight excluding hydrogens is 306 g/mol. The Morgan fingerprint density at radius 1 is 1.00 bits per heavy atom. The molecule has 2 aromatic carbocycles. The highest BCUT2D eigenvalue weighted by Gasteiger charge is 2.36. The topological polar surface area (TPSA) is 78.5 Å². The Morgan fingerprint density at radius 3 is 2.29 bits per heavy atom. The quantitative estimate of drug-likeness (QED) is 0.818. The van der Waals surface area contributed by atoms with Crippen molar-refractivity contribution in [3.05, 3.63) is 66.2 Å². The van der Waals surface area contributed by atoms with Gasteiger partial charge in [0.15, 0.2) is 0 Å². The van der Waals surface area contributed by atoms with Crippen molar-refractivity contribution in [3.8, 4) is 0 Å². The van der Waals surface area contributed by atoms with E-state index in [9.17, 15) is 14.4 Å². The fourth-order valence-corrected chi connectivity index (χ4v) is 2.69. The molecule has 2 aromatic rings. The van der Waals surface area contributed by atoms with E-state index in [4.69, 9.17) is 0 Å². The Morgan fingerprint density at radius 2 is 1.62 bits per heavy atom. The number of carbonyl (C=O) groups is 3. The summed E-state index contributed by atoms with van der Waals surface area (Å²) in [4.78, 5) is 38.4. The van der Waals surface area contributed by atoms with Crippen molar-refractivity contribution in [2.24, 2.45) is 0 Å². The van der Waals surface area contributed by atoms with E-state index >= 15 is 0 Å². The Kier molecular flexibility index (Phi) is 4.56. The van der Waals surface area contributed by atoms with Gasteiger partial charge in [-0.25, -0.2) is 0 Å². The normalized spacial score (nSPS) is 17.1. The molecule has 2 N–H and O–H groups in total. The van der Waals surface area contributed by atoms with Crippen molar-refractivity contribution in [2.75, 3.05) is 18.4 Å². The summed E-state index contributed by atoms with van der Waals surface area (Å²) in [5.41, 5.74) is 1.21. The molecule has 6 nitrogen and oxygen atoms in total. The number of nitrogens with zero attached hydrogens (tertiary/aromatic N) is 1. The van der Waals surface area contributed by atoms with Gasteiger partial charge in [-0.2, -0.15) is 0 Å². The number of nitrogens with one attached hydrogen (secondary N) is 2. The third-order valence-corrected chi connectivity index (χ3v) is 3.81. The first-order valence-corrected chi connectivity index (χ1v) is 7.66. The van der Waals surface area contributed by atoms with E-state index in [0.717, 1.165) is 0 Å². The van der Waals surface area contributed by atoms with Crippen LogP contribution in [0.2, 0.25) is 0 Å². The molecule has 0 bridgehead atoms. The number of hydrogen-bond acceptors (Lipinski definition) is 3. The number of amides is 3. The summed E-state index contributed by atoms with van der Waals surface area (Å²) >= 11 is 0. The number of benzene rings is 2.